The average molecular weight is 317 g/mol. The molecule has 3 fully saturated rings. The summed E-state index contributed by atoms with van der Waals surface area (Å²) in [4.78, 5) is 24.3. The van der Waals surface area contributed by atoms with Gasteiger partial charge in [0.05, 0.1) is 0 Å². The summed E-state index contributed by atoms with van der Waals surface area (Å²) in [5.74, 6) is -5.15. The van der Waals surface area contributed by atoms with Crippen LogP contribution in [0.15, 0.2) is 0 Å². The van der Waals surface area contributed by atoms with Gasteiger partial charge in [0.25, 0.3) is 0 Å². The first-order chi connectivity index (χ1) is 9.43. The molecule has 2 bridgehead atoms. The molecular formula is C9H10BF6N3O2. The SMILES string of the molecule is CN1CC2CN(C(=O)C(F)(F)F)B1N(C(=O)C(F)(F)F)C2. The minimum Gasteiger partial charge on any atom is -0.344 e. The van der Waals surface area contributed by atoms with Crippen molar-refractivity contribution in [2.75, 3.05) is 26.7 Å². The summed E-state index contributed by atoms with van der Waals surface area (Å²) < 4.78 is 75.1. The lowest BCUT2D eigenvalue weighted by Crippen LogP contribution is -2.77. The number of halogens is 6. The molecule has 0 radical (unpaired) electrons. The summed E-state index contributed by atoms with van der Waals surface area (Å²) >= 11 is 0. The largest absolute Gasteiger partial charge is 0.475 e. The number of hydrogen-bond acceptors (Lipinski definition) is 3. The molecule has 3 aliphatic heterocycles. The van der Waals surface area contributed by atoms with Gasteiger partial charge in [0.1, 0.15) is 0 Å². The van der Waals surface area contributed by atoms with Crippen LogP contribution in [0.1, 0.15) is 0 Å². The quantitative estimate of drug-likeness (QED) is 0.478. The maximum absolute atomic E-state index is 12.5. The number of nitrogens with zero attached hydrogens (tertiary/aromatic N) is 3. The van der Waals surface area contributed by atoms with E-state index < -0.39 is 37.2 Å². The first-order valence-corrected chi connectivity index (χ1v) is 5.88. The minimum absolute atomic E-state index is 0.216. The molecule has 0 N–H and O–H groups in total. The third kappa shape index (κ3) is 2.80. The third-order valence-electron chi connectivity index (χ3n) is 3.41. The van der Waals surface area contributed by atoms with E-state index in [0.717, 1.165) is 4.81 Å². The number of carbonyl (C=O) groups excluding carboxylic acids is 2. The van der Waals surface area contributed by atoms with E-state index in [-0.39, 0.29) is 29.3 Å². The standard InChI is InChI=1S/C9H10BF6N3O2/c1-17-2-5-3-18(6(20)8(11,12)13)10(17)19(4-5)7(21)9(14,15)16/h5H,2-4H2,1H3. The summed E-state index contributed by atoms with van der Waals surface area (Å²) in [6.45, 7) is -0.433. The van der Waals surface area contributed by atoms with Crippen molar-refractivity contribution in [3.05, 3.63) is 0 Å². The van der Waals surface area contributed by atoms with E-state index in [0.29, 0.717) is 0 Å². The van der Waals surface area contributed by atoms with Crippen LogP contribution >= 0.6 is 0 Å². The van der Waals surface area contributed by atoms with Gasteiger partial charge in [-0.15, -0.1) is 0 Å². The Morgan fingerprint density at radius 1 is 0.905 bits per heavy atom. The number of rotatable bonds is 0. The van der Waals surface area contributed by atoms with Crippen molar-refractivity contribution in [1.29, 1.82) is 0 Å². The Balaban J connectivity index is 2.31. The molecule has 0 spiro atoms. The van der Waals surface area contributed by atoms with Crippen LogP contribution in [0.2, 0.25) is 0 Å². The molecule has 0 aromatic carbocycles. The van der Waals surface area contributed by atoms with E-state index in [1.807, 2.05) is 0 Å². The Kier molecular flexibility index (Phi) is 3.63. The zero-order valence-corrected chi connectivity index (χ0v) is 10.7. The highest BCUT2D eigenvalue weighted by Gasteiger charge is 2.59. The van der Waals surface area contributed by atoms with E-state index in [2.05, 4.69) is 0 Å². The first kappa shape index (κ1) is 15.9. The molecule has 3 heterocycles. The molecule has 3 saturated heterocycles. The maximum atomic E-state index is 12.5. The minimum atomic E-state index is -5.20. The fourth-order valence-electron chi connectivity index (χ4n) is 2.77. The molecule has 0 atom stereocenters. The van der Waals surface area contributed by atoms with Gasteiger partial charge in [-0.25, -0.2) is 0 Å². The fraction of sp³-hybridized carbons (Fsp3) is 0.778. The normalized spacial score (nSPS) is 21.2. The van der Waals surface area contributed by atoms with Crippen LogP contribution in [-0.2, 0) is 9.59 Å². The van der Waals surface area contributed by atoms with E-state index in [1.165, 1.54) is 7.05 Å². The number of fused-ring (bicyclic) bond motifs is 3. The van der Waals surface area contributed by atoms with Crippen molar-refractivity contribution >= 4 is 18.9 Å². The van der Waals surface area contributed by atoms with Crippen molar-refractivity contribution < 1.29 is 35.9 Å². The van der Waals surface area contributed by atoms with Crippen LogP contribution in [0.3, 0.4) is 0 Å². The van der Waals surface area contributed by atoms with Crippen LogP contribution in [0, 0.1) is 5.92 Å². The summed E-state index contributed by atoms with van der Waals surface area (Å²) in [6.07, 6.45) is -10.4. The molecule has 3 rings (SSSR count). The second-order valence-electron chi connectivity index (χ2n) is 5.06. The third-order valence-corrected chi connectivity index (χ3v) is 3.41. The highest BCUT2D eigenvalue weighted by molar-refractivity contribution is 6.56. The van der Waals surface area contributed by atoms with Crippen LogP contribution in [0.4, 0.5) is 26.3 Å². The molecule has 118 valence electrons. The highest BCUT2D eigenvalue weighted by Crippen LogP contribution is 2.32. The van der Waals surface area contributed by atoms with Gasteiger partial charge in [-0.3, -0.25) is 9.59 Å². The maximum Gasteiger partial charge on any atom is 0.475 e. The Hall–Kier alpha value is -1.46. The van der Waals surface area contributed by atoms with E-state index in [9.17, 15) is 35.9 Å². The van der Waals surface area contributed by atoms with Crippen molar-refractivity contribution in [2.45, 2.75) is 12.4 Å². The lowest BCUT2D eigenvalue weighted by molar-refractivity contribution is -0.189. The van der Waals surface area contributed by atoms with E-state index >= 15 is 0 Å². The Morgan fingerprint density at radius 3 is 1.57 bits per heavy atom. The molecule has 2 amide bonds. The number of carbonyl (C=O) groups is 2. The summed E-state index contributed by atoms with van der Waals surface area (Å²) in [6, 6.07) is 0. The predicted octanol–water partition coefficient (Wildman–Crippen LogP) is 0.328. The number of amides is 2. The molecule has 5 nitrogen and oxygen atoms in total. The van der Waals surface area contributed by atoms with E-state index in [1.54, 1.807) is 0 Å². The summed E-state index contributed by atoms with van der Waals surface area (Å²) in [5.41, 5.74) is 0. The molecule has 3 aliphatic rings. The number of alkyl halides is 6. The van der Waals surface area contributed by atoms with Gasteiger partial charge in [0.15, 0.2) is 0 Å². The van der Waals surface area contributed by atoms with Gasteiger partial charge < -0.3 is 14.4 Å². The number of hydrogen-bond donors (Lipinski definition) is 0. The molecule has 0 saturated carbocycles. The molecule has 21 heavy (non-hydrogen) atoms. The molecule has 0 aliphatic carbocycles. The van der Waals surface area contributed by atoms with Gasteiger partial charge >= 0.3 is 31.3 Å². The van der Waals surface area contributed by atoms with Crippen molar-refractivity contribution in [3.8, 4) is 0 Å². The van der Waals surface area contributed by atoms with Crippen molar-refractivity contribution in [1.82, 2.24) is 14.4 Å². The monoisotopic (exact) mass is 317 g/mol. The lowest BCUT2D eigenvalue weighted by atomic mass is 9.72. The second-order valence-corrected chi connectivity index (χ2v) is 5.06. The lowest BCUT2D eigenvalue weighted by Gasteiger charge is -2.53. The predicted molar refractivity (Wildman–Crippen MR) is 57.4 cm³/mol. The molecule has 0 aromatic rings. The van der Waals surface area contributed by atoms with Crippen LogP contribution in [-0.4, -0.2) is 72.4 Å². The zero-order chi connectivity index (χ0) is 16.2. The van der Waals surface area contributed by atoms with Gasteiger partial charge in [-0.05, 0) is 13.6 Å². The van der Waals surface area contributed by atoms with E-state index in [4.69, 9.17) is 0 Å². The molecular weight excluding hydrogens is 307 g/mol. The van der Waals surface area contributed by atoms with Gasteiger partial charge in [-0.2, -0.15) is 26.3 Å². The topological polar surface area (TPSA) is 43.9 Å². The van der Waals surface area contributed by atoms with Crippen molar-refractivity contribution in [2.24, 2.45) is 5.92 Å². The molecule has 0 unspecified atom stereocenters. The van der Waals surface area contributed by atoms with Crippen molar-refractivity contribution in [3.63, 3.8) is 0 Å². The summed E-state index contributed by atoms with van der Waals surface area (Å²) in [5, 5.41) is 0. The zero-order valence-electron chi connectivity index (χ0n) is 10.7. The highest BCUT2D eigenvalue weighted by atomic mass is 19.4. The Bertz CT molecular complexity index is 431. The smallest absolute Gasteiger partial charge is 0.344 e. The Morgan fingerprint density at radius 2 is 1.29 bits per heavy atom. The van der Waals surface area contributed by atoms with Gasteiger partial charge in [-0.1, -0.05) is 0 Å². The molecule has 12 heteroatoms. The average Bonchev–Trinajstić information content (AvgIpc) is 2.33. The first-order valence-electron chi connectivity index (χ1n) is 5.88. The summed E-state index contributed by atoms with van der Waals surface area (Å²) in [7, 11) is -0.401. The fourth-order valence-corrected chi connectivity index (χ4v) is 2.77. The second kappa shape index (κ2) is 4.78. The Labute approximate surface area is 115 Å². The van der Waals surface area contributed by atoms with Crippen LogP contribution < -0.4 is 0 Å². The van der Waals surface area contributed by atoms with Gasteiger partial charge in [0.2, 0.25) is 0 Å². The van der Waals surface area contributed by atoms with Crippen LogP contribution in [0.25, 0.3) is 0 Å². The molecule has 0 aromatic heterocycles. The van der Waals surface area contributed by atoms with Gasteiger partial charge in [0, 0.05) is 19.0 Å². The van der Waals surface area contributed by atoms with Crippen LogP contribution in [0.5, 0.6) is 0 Å².